The largest absolute Gasteiger partial charge is 0.396 e. The minimum absolute atomic E-state index is 0.305. The van der Waals surface area contributed by atoms with Gasteiger partial charge in [0.25, 0.3) is 0 Å². The van der Waals surface area contributed by atoms with Crippen molar-refractivity contribution in [1.82, 2.24) is 5.32 Å². The molecule has 92 valence electrons. The summed E-state index contributed by atoms with van der Waals surface area (Å²) in [4.78, 5) is 1.44. The lowest BCUT2D eigenvalue weighted by atomic mass is 10.1. The third kappa shape index (κ3) is 4.24. The van der Waals surface area contributed by atoms with Gasteiger partial charge in [-0.3, -0.25) is 0 Å². The maximum Gasteiger partial charge on any atom is 0.0456 e. The van der Waals surface area contributed by atoms with Crippen LogP contribution in [0.1, 0.15) is 43.2 Å². The molecule has 1 rings (SSSR count). The molecule has 0 radical (unpaired) electrons. The van der Waals surface area contributed by atoms with Crippen molar-refractivity contribution in [3.05, 3.63) is 21.9 Å². The Bertz CT molecular complexity index is 298. The van der Waals surface area contributed by atoms with E-state index in [0.29, 0.717) is 18.6 Å². The zero-order chi connectivity index (χ0) is 12.0. The van der Waals surface area contributed by atoms with Crippen LogP contribution < -0.4 is 5.32 Å². The van der Waals surface area contributed by atoms with Crippen LogP contribution in [0.15, 0.2) is 11.4 Å². The van der Waals surface area contributed by atoms with E-state index in [1.54, 1.807) is 0 Å². The third-order valence-electron chi connectivity index (χ3n) is 2.93. The number of nitrogens with one attached hydrogen (secondary N) is 1. The summed E-state index contributed by atoms with van der Waals surface area (Å²) in [7, 11) is 0. The van der Waals surface area contributed by atoms with E-state index in [-0.39, 0.29) is 0 Å². The number of thiophene rings is 1. The van der Waals surface area contributed by atoms with Gasteiger partial charge in [-0.1, -0.05) is 6.92 Å². The zero-order valence-electron chi connectivity index (χ0n) is 10.5. The number of hydrogen-bond acceptors (Lipinski definition) is 3. The number of aryl methyl sites for hydroxylation is 1. The molecule has 16 heavy (non-hydrogen) atoms. The van der Waals surface area contributed by atoms with Crippen LogP contribution in [0.3, 0.4) is 0 Å². The lowest BCUT2D eigenvalue weighted by Crippen LogP contribution is -2.20. The Hall–Kier alpha value is -0.380. The van der Waals surface area contributed by atoms with E-state index in [2.05, 4.69) is 37.5 Å². The first-order valence-corrected chi connectivity index (χ1v) is 6.91. The van der Waals surface area contributed by atoms with Gasteiger partial charge in [-0.05, 0) is 56.2 Å². The summed E-state index contributed by atoms with van der Waals surface area (Å²) in [5, 5.41) is 14.6. The van der Waals surface area contributed by atoms with Crippen molar-refractivity contribution in [2.75, 3.05) is 13.2 Å². The van der Waals surface area contributed by atoms with E-state index < -0.39 is 0 Å². The van der Waals surface area contributed by atoms with Crippen molar-refractivity contribution in [3.8, 4) is 0 Å². The molecule has 2 nitrogen and oxygen atoms in total. The molecule has 0 amide bonds. The predicted molar refractivity (Wildman–Crippen MR) is 71.0 cm³/mol. The average molecular weight is 241 g/mol. The van der Waals surface area contributed by atoms with Crippen LogP contribution in [0.4, 0.5) is 0 Å². The van der Waals surface area contributed by atoms with Crippen LogP contribution in [0, 0.1) is 12.8 Å². The first-order chi connectivity index (χ1) is 7.65. The van der Waals surface area contributed by atoms with Crippen LogP contribution in [-0.4, -0.2) is 18.3 Å². The number of rotatable bonds is 7. The molecule has 0 saturated heterocycles. The van der Waals surface area contributed by atoms with Crippen molar-refractivity contribution in [1.29, 1.82) is 0 Å². The molecule has 0 spiro atoms. The second-order valence-electron chi connectivity index (χ2n) is 4.57. The van der Waals surface area contributed by atoms with Gasteiger partial charge < -0.3 is 10.4 Å². The first kappa shape index (κ1) is 13.7. The Morgan fingerprint density at radius 1 is 1.44 bits per heavy atom. The van der Waals surface area contributed by atoms with Gasteiger partial charge in [-0.25, -0.2) is 0 Å². The van der Waals surface area contributed by atoms with E-state index in [1.807, 2.05) is 11.3 Å². The van der Waals surface area contributed by atoms with Crippen LogP contribution in [0.5, 0.6) is 0 Å². The molecule has 0 aliphatic carbocycles. The maximum absolute atomic E-state index is 8.91. The Balaban J connectivity index is 2.21. The van der Waals surface area contributed by atoms with Gasteiger partial charge >= 0.3 is 0 Å². The Labute approximate surface area is 103 Å². The fourth-order valence-corrected chi connectivity index (χ4v) is 2.74. The monoisotopic (exact) mass is 241 g/mol. The van der Waals surface area contributed by atoms with Crippen molar-refractivity contribution in [3.63, 3.8) is 0 Å². The van der Waals surface area contributed by atoms with Gasteiger partial charge in [0.1, 0.15) is 0 Å². The van der Waals surface area contributed by atoms with Gasteiger partial charge in [0.2, 0.25) is 0 Å². The second-order valence-corrected chi connectivity index (χ2v) is 5.52. The van der Waals surface area contributed by atoms with Crippen LogP contribution in [0.2, 0.25) is 0 Å². The highest BCUT2D eigenvalue weighted by molar-refractivity contribution is 7.10. The Kier molecular flexibility index (Phi) is 6.03. The molecular weight excluding hydrogens is 218 g/mol. The van der Waals surface area contributed by atoms with E-state index in [9.17, 15) is 0 Å². The molecular formula is C13H23NOS. The predicted octanol–water partition coefficient (Wildman–Crippen LogP) is 3.12. The maximum atomic E-state index is 8.91. The third-order valence-corrected chi connectivity index (χ3v) is 4.13. The van der Waals surface area contributed by atoms with Gasteiger partial charge in [0.15, 0.2) is 0 Å². The van der Waals surface area contributed by atoms with Crippen molar-refractivity contribution in [2.45, 2.75) is 39.7 Å². The molecule has 1 heterocycles. The van der Waals surface area contributed by atoms with Gasteiger partial charge in [-0.15, -0.1) is 11.3 Å². The molecule has 0 aliphatic heterocycles. The Morgan fingerprint density at radius 2 is 2.19 bits per heavy atom. The summed E-state index contributed by atoms with van der Waals surface area (Å²) in [6, 6.07) is 2.62. The molecule has 1 aromatic rings. The van der Waals surface area contributed by atoms with Gasteiger partial charge in [0.05, 0.1) is 0 Å². The standard InChI is InChI=1S/C13H23NOS/c1-10(9-15)5-4-7-14-12(3)13-11(2)6-8-16-13/h6,8,10,12,14-15H,4-5,7,9H2,1-3H3. The molecule has 1 aromatic heterocycles. The van der Waals surface area contributed by atoms with Crippen LogP contribution >= 0.6 is 11.3 Å². The van der Waals surface area contributed by atoms with Crippen LogP contribution in [-0.2, 0) is 0 Å². The number of aliphatic hydroxyl groups excluding tert-OH is 1. The summed E-state index contributed by atoms with van der Waals surface area (Å²) < 4.78 is 0. The summed E-state index contributed by atoms with van der Waals surface area (Å²) in [5.41, 5.74) is 1.38. The number of hydrogen-bond donors (Lipinski definition) is 2. The SMILES string of the molecule is Cc1ccsc1C(C)NCCCC(C)CO. The van der Waals surface area contributed by atoms with E-state index in [1.165, 1.54) is 10.4 Å². The molecule has 0 bridgehead atoms. The minimum Gasteiger partial charge on any atom is -0.396 e. The van der Waals surface area contributed by atoms with Crippen molar-refractivity contribution >= 4 is 11.3 Å². The molecule has 3 heteroatoms. The summed E-state index contributed by atoms with van der Waals surface area (Å²) in [6.45, 7) is 7.81. The molecule has 2 unspecified atom stereocenters. The molecule has 2 atom stereocenters. The highest BCUT2D eigenvalue weighted by Gasteiger charge is 2.08. The average Bonchev–Trinajstić information content (AvgIpc) is 2.70. The lowest BCUT2D eigenvalue weighted by molar-refractivity contribution is 0.227. The minimum atomic E-state index is 0.305. The lowest BCUT2D eigenvalue weighted by Gasteiger charge is -2.14. The molecule has 2 N–H and O–H groups in total. The molecule has 0 aromatic carbocycles. The first-order valence-electron chi connectivity index (χ1n) is 6.03. The van der Waals surface area contributed by atoms with Crippen LogP contribution in [0.25, 0.3) is 0 Å². The van der Waals surface area contributed by atoms with Gasteiger partial charge in [-0.2, -0.15) is 0 Å². The fraction of sp³-hybridized carbons (Fsp3) is 0.692. The van der Waals surface area contributed by atoms with Crippen molar-refractivity contribution < 1.29 is 5.11 Å². The van der Waals surface area contributed by atoms with E-state index >= 15 is 0 Å². The van der Waals surface area contributed by atoms with E-state index in [0.717, 1.165) is 19.4 Å². The highest BCUT2D eigenvalue weighted by Crippen LogP contribution is 2.23. The molecule has 0 aliphatic rings. The zero-order valence-corrected chi connectivity index (χ0v) is 11.3. The topological polar surface area (TPSA) is 32.3 Å². The van der Waals surface area contributed by atoms with Gasteiger partial charge in [0, 0.05) is 17.5 Å². The quantitative estimate of drug-likeness (QED) is 0.719. The Morgan fingerprint density at radius 3 is 2.75 bits per heavy atom. The highest BCUT2D eigenvalue weighted by atomic mass is 32.1. The number of aliphatic hydroxyl groups is 1. The molecule has 0 fully saturated rings. The fourth-order valence-electron chi connectivity index (χ4n) is 1.78. The second kappa shape index (κ2) is 7.05. The van der Waals surface area contributed by atoms with Crippen molar-refractivity contribution in [2.24, 2.45) is 5.92 Å². The smallest absolute Gasteiger partial charge is 0.0456 e. The normalized spacial score (nSPS) is 15.0. The van der Waals surface area contributed by atoms with E-state index in [4.69, 9.17) is 5.11 Å². The summed E-state index contributed by atoms with van der Waals surface area (Å²) in [5.74, 6) is 0.431. The summed E-state index contributed by atoms with van der Waals surface area (Å²) >= 11 is 1.82. The summed E-state index contributed by atoms with van der Waals surface area (Å²) in [6.07, 6.45) is 2.23. The molecule has 0 saturated carbocycles.